The molecule has 14 nitrogen and oxygen atoms in total. The summed E-state index contributed by atoms with van der Waals surface area (Å²) in [6, 6.07) is 0.809. The van der Waals surface area contributed by atoms with Gasteiger partial charge in [-0.15, -0.1) is 0 Å². The lowest BCUT2D eigenvalue weighted by Gasteiger charge is -2.25. The SMILES string of the molecule is CC(C)(NC(=O)[C@H](Cc1cn(-c2ccc([N+](=O)[O-])cc2[N+](=O)[O-])cn1)NC(=O)C(F)(F)F)C(=O)O. The Morgan fingerprint density at radius 3 is 2.31 bits per heavy atom. The third-order valence-corrected chi connectivity index (χ3v) is 4.54. The Bertz CT molecular complexity index is 1190. The highest BCUT2D eigenvalue weighted by molar-refractivity contribution is 5.93. The topological polar surface area (TPSA) is 200 Å². The number of imidazole rings is 1. The number of nitro benzene ring substituents is 2. The number of hydrogen-bond acceptors (Lipinski definition) is 8. The number of alkyl halides is 3. The maximum atomic E-state index is 12.7. The molecule has 2 amide bonds. The van der Waals surface area contributed by atoms with Gasteiger partial charge in [0.05, 0.1) is 27.9 Å². The summed E-state index contributed by atoms with van der Waals surface area (Å²) in [4.78, 5) is 59.5. The molecule has 3 N–H and O–H groups in total. The van der Waals surface area contributed by atoms with E-state index in [2.05, 4.69) is 4.98 Å². The Kier molecular flexibility index (Phi) is 7.42. The smallest absolute Gasteiger partial charge is 0.471 e. The predicted octanol–water partition coefficient (Wildman–Crippen LogP) is 1.26. The zero-order valence-electron chi connectivity index (χ0n) is 17.9. The molecule has 35 heavy (non-hydrogen) atoms. The first-order valence-electron chi connectivity index (χ1n) is 9.42. The summed E-state index contributed by atoms with van der Waals surface area (Å²) in [5, 5.41) is 34.8. The molecule has 0 bridgehead atoms. The lowest BCUT2D eigenvalue weighted by atomic mass is 10.0. The molecule has 2 aromatic rings. The number of aromatic nitrogens is 2. The Morgan fingerprint density at radius 2 is 1.80 bits per heavy atom. The lowest BCUT2D eigenvalue weighted by molar-refractivity contribution is -0.394. The minimum atomic E-state index is -5.35. The quantitative estimate of drug-likeness (QED) is 0.333. The van der Waals surface area contributed by atoms with Crippen molar-refractivity contribution in [2.45, 2.75) is 38.0 Å². The fourth-order valence-electron chi connectivity index (χ4n) is 2.70. The van der Waals surface area contributed by atoms with Crippen molar-refractivity contribution in [3.63, 3.8) is 0 Å². The van der Waals surface area contributed by atoms with Crippen LogP contribution in [-0.2, 0) is 20.8 Å². The van der Waals surface area contributed by atoms with E-state index in [1.807, 2.05) is 5.32 Å². The second kappa shape index (κ2) is 9.74. The number of carboxylic acids is 1. The molecule has 1 aromatic carbocycles. The van der Waals surface area contributed by atoms with Crippen LogP contribution in [0.5, 0.6) is 0 Å². The molecule has 188 valence electrons. The molecule has 0 saturated carbocycles. The number of hydrogen-bond donors (Lipinski definition) is 3. The average molecular weight is 502 g/mol. The van der Waals surface area contributed by atoms with E-state index in [4.69, 9.17) is 5.11 Å². The van der Waals surface area contributed by atoms with Crippen molar-refractivity contribution in [2.24, 2.45) is 0 Å². The molecular weight excluding hydrogens is 485 g/mol. The van der Waals surface area contributed by atoms with Crippen LogP contribution in [0.4, 0.5) is 24.5 Å². The van der Waals surface area contributed by atoms with Crippen LogP contribution < -0.4 is 10.6 Å². The van der Waals surface area contributed by atoms with Crippen LogP contribution in [0.1, 0.15) is 19.5 Å². The number of carboxylic acid groups (broad SMARTS) is 1. The first kappa shape index (κ1) is 26.7. The third-order valence-electron chi connectivity index (χ3n) is 4.54. The Hall–Kier alpha value is -4.57. The Balaban J connectivity index is 2.38. The van der Waals surface area contributed by atoms with Gasteiger partial charge in [-0.3, -0.25) is 34.4 Å². The summed E-state index contributed by atoms with van der Waals surface area (Å²) in [6.07, 6.45) is -3.90. The van der Waals surface area contributed by atoms with Crippen LogP contribution in [-0.4, -0.2) is 60.0 Å². The second-order valence-electron chi connectivity index (χ2n) is 7.61. The van der Waals surface area contributed by atoms with E-state index < -0.39 is 63.2 Å². The van der Waals surface area contributed by atoms with Gasteiger partial charge >= 0.3 is 18.1 Å². The molecule has 0 aliphatic carbocycles. The molecule has 17 heteroatoms. The summed E-state index contributed by atoms with van der Waals surface area (Å²) >= 11 is 0. The Morgan fingerprint density at radius 1 is 1.17 bits per heavy atom. The highest BCUT2D eigenvalue weighted by Gasteiger charge is 2.42. The van der Waals surface area contributed by atoms with Gasteiger partial charge in [-0.25, -0.2) is 9.78 Å². The van der Waals surface area contributed by atoms with E-state index in [0.717, 1.165) is 43.1 Å². The number of nitro groups is 2. The number of rotatable bonds is 9. The van der Waals surface area contributed by atoms with E-state index in [1.165, 1.54) is 5.32 Å². The van der Waals surface area contributed by atoms with Crippen molar-refractivity contribution in [3.05, 3.63) is 56.6 Å². The van der Waals surface area contributed by atoms with Crippen molar-refractivity contribution >= 4 is 29.2 Å². The summed E-state index contributed by atoms with van der Waals surface area (Å²) in [7, 11) is 0. The van der Waals surface area contributed by atoms with Gasteiger partial charge in [-0.2, -0.15) is 13.2 Å². The molecule has 0 aliphatic rings. The number of nitrogens with zero attached hydrogens (tertiary/aromatic N) is 4. The highest BCUT2D eigenvalue weighted by atomic mass is 19.4. The van der Waals surface area contributed by atoms with Gasteiger partial charge in [0.1, 0.15) is 17.3 Å². The predicted molar refractivity (Wildman–Crippen MR) is 108 cm³/mol. The summed E-state index contributed by atoms with van der Waals surface area (Å²) in [6.45, 7) is 2.14. The minimum absolute atomic E-state index is 0.117. The van der Waals surface area contributed by atoms with E-state index in [-0.39, 0.29) is 11.4 Å². The summed E-state index contributed by atoms with van der Waals surface area (Å²) in [5.41, 5.74) is -3.42. The molecule has 0 spiro atoms. The van der Waals surface area contributed by atoms with E-state index >= 15 is 0 Å². The van der Waals surface area contributed by atoms with Crippen LogP contribution in [0.25, 0.3) is 5.69 Å². The minimum Gasteiger partial charge on any atom is -0.480 e. The van der Waals surface area contributed by atoms with Crippen molar-refractivity contribution in [1.29, 1.82) is 0 Å². The van der Waals surface area contributed by atoms with Gasteiger partial charge in [0.15, 0.2) is 0 Å². The average Bonchev–Trinajstić information content (AvgIpc) is 3.19. The fourth-order valence-corrected chi connectivity index (χ4v) is 2.70. The zero-order chi connectivity index (χ0) is 26.7. The van der Waals surface area contributed by atoms with Gasteiger partial charge in [-0.05, 0) is 19.9 Å². The first-order chi connectivity index (χ1) is 16.0. The molecule has 1 atom stereocenters. The van der Waals surface area contributed by atoms with E-state index in [1.54, 1.807) is 0 Å². The summed E-state index contributed by atoms with van der Waals surface area (Å²) in [5.74, 6) is -5.22. The maximum absolute atomic E-state index is 12.7. The number of benzene rings is 1. The number of nitrogens with one attached hydrogen (secondary N) is 2. The van der Waals surface area contributed by atoms with Gasteiger partial charge < -0.3 is 15.7 Å². The second-order valence-corrected chi connectivity index (χ2v) is 7.61. The number of non-ortho nitro benzene ring substituents is 1. The lowest BCUT2D eigenvalue weighted by Crippen LogP contribution is -2.58. The van der Waals surface area contributed by atoms with Crippen LogP contribution in [0.15, 0.2) is 30.7 Å². The van der Waals surface area contributed by atoms with Crippen LogP contribution >= 0.6 is 0 Å². The molecule has 2 rings (SSSR count). The van der Waals surface area contributed by atoms with Crippen LogP contribution in [0.3, 0.4) is 0 Å². The van der Waals surface area contributed by atoms with Crippen molar-refractivity contribution in [2.75, 3.05) is 0 Å². The summed E-state index contributed by atoms with van der Waals surface area (Å²) < 4.78 is 39.3. The largest absolute Gasteiger partial charge is 0.480 e. The van der Waals surface area contributed by atoms with Crippen LogP contribution in [0, 0.1) is 20.2 Å². The standard InChI is InChI=1S/C18H17F3N6O8/c1-17(2,16(30)31)24-14(28)11(23-15(29)18(19,20)21)5-9-7-25(8-22-9)12-4-3-10(26(32)33)6-13(12)27(34)35/h3-4,6-8,11H,5H2,1-2H3,(H,23,29)(H,24,28)(H,30,31)/t11-/m0/s1. The number of amides is 2. The molecule has 0 aliphatic heterocycles. The van der Waals surface area contributed by atoms with Crippen molar-refractivity contribution < 1.29 is 42.5 Å². The van der Waals surface area contributed by atoms with Gasteiger partial charge in [0, 0.05) is 18.7 Å². The van der Waals surface area contributed by atoms with Gasteiger partial charge in [0.2, 0.25) is 5.91 Å². The molecule has 1 aromatic heterocycles. The van der Waals surface area contributed by atoms with Gasteiger partial charge in [-0.1, -0.05) is 0 Å². The molecule has 0 unspecified atom stereocenters. The van der Waals surface area contributed by atoms with Crippen molar-refractivity contribution in [1.82, 2.24) is 20.2 Å². The van der Waals surface area contributed by atoms with E-state index in [9.17, 15) is 47.8 Å². The number of halogens is 3. The molecule has 0 fully saturated rings. The van der Waals surface area contributed by atoms with Crippen molar-refractivity contribution in [3.8, 4) is 5.69 Å². The van der Waals surface area contributed by atoms with Crippen LogP contribution in [0.2, 0.25) is 0 Å². The zero-order valence-corrected chi connectivity index (χ0v) is 17.9. The third kappa shape index (κ3) is 6.49. The fraction of sp³-hybridized carbons (Fsp3) is 0.333. The number of carbonyl (C=O) groups excluding carboxylic acids is 2. The molecule has 0 saturated heterocycles. The van der Waals surface area contributed by atoms with E-state index in [0.29, 0.717) is 6.07 Å². The number of carbonyl (C=O) groups is 3. The highest BCUT2D eigenvalue weighted by Crippen LogP contribution is 2.28. The Labute approximate surface area is 193 Å². The molecular formula is C18H17F3N6O8. The maximum Gasteiger partial charge on any atom is 0.471 e. The number of aliphatic carboxylic acids is 1. The first-order valence-corrected chi connectivity index (χ1v) is 9.42. The molecule has 1 heterocycles. The van der Waals surface area contributed by atoms with Gasteiger partial charge in [0.25, 0.3) is 11.4 Å². The normalized spacial score (nSPS) is 12.5. The molecule has 0 radical (unpaired) electrons. The monoisotopic (exact) mass is 502 g/mol.